The van der Waals surface area contributed by atoms with E-state index in [1.165, 1.54) is 10.3 Å². The fourth-order valence-corrected chi connectivity index (χ4v) is 4.25. The van der Waals surface area contributed by atoms with Crippen LogP contribution in [0.2, 0.25) is 0 Å². The summed E-state index contributed by atoms with van der Waals surface area (Å²) in [5.41, 5.74) is 5.93. The molecule has 2 aromatic carbocycles. The number of methoxy groups -OCH3 is 1. The zero-order chi connectivity index (χ0) is 17.4. The highest BCUT2D eigenvalue weighted by Crippen LogP contribution is 2.33. The lowest BCUT2D eigenvalue weighted by Crippen LogP contribution is -2.30. The molecule has 0 fully saturated rings. The summed E-state index contributed by atoms with van der Waals surface area (Å²) in [7, 11) is 1.65. The van der Waals surface area contributed by atoms with Crippen LogP contribution in [0.1, 0.15) is 35.8 Å². The van der Waals surface area contributed by atoms with Crippen LogP contribution in [-0.2, 0) is 6.42 Å². The highest BCUT2D eigenvalue weighted by Gasteiger charge is 2.26. The van der Waals surface area contributed by atoms with Crippen molar-refractivity contribution in [2.75, 3.05) is 20.2 Å². The molecule has 0 saturated carbocycles. The number of thiazole rings is 1. The molecule has 130 valence electrons. The molecule has 3 aromatic rings. The second-order valence-corrected chi connectivity index (χ2v) is 7.42. The first-order chi connectivity index (χ1) is 12.2. The first-order valence-electron chi connectivity index (χ1n) is 8.54. The summed E-state index contributed by atoms with van der Waals surface area (Å²) in [6.45, 7) is 3.39. The number of fused-ring (bicyclic) bond motifs is 2. The maximum atomic E-state index is 14.9. The predicted octanol–water partition coefficient (Wildman–Crippen LogP) is 4.93. The van der Waals surface area contributed by atoms with Gasteiger partial charge in [-0.15, -0.1) is 11.3 Å². The monoisotopic (exact) mass is 356 g/mol. The lowest BCUT2D eigenvalue weighted by Gasteiger charge is -2.28. The van der Waals surface area contributed by atoms with Gasteiger partial charge >= 0.3 is 0 Å². The van der Waals surface area contributed by atoms with E-state index in [0.717, 1.165) is 35.4 Å². The highest BCUT2D eigenvalue weighted by atomic mass is 32.1. The summed E-state index contributed by atoms with van der Waals surface area (Å²) in [6, 6.07) is 12.2. The van der Waals surface area contributed by atoms with E-state index < -0.39 is 6.17 Å². The molecular formula is C20H21FN2OS. The van der Waals surface area contributed by atoms with E-state index in [9.17, 15) is 4.39 Å². The number of rotatable bonds is 3. The normalized spacial score (nSPS) is 19.4. The molecule has 1 aromatic heterocycles. The van der Waals surface area contributed by atoms with Crippen LogP contribution in [0, 0.1) is 0 Å². The molecule has 4 rings (SSSR count). The predicted molar refractivity (Wildman–Crippen MR) is 100 cm³/mol. The molecule has 2 unspecified atom stereocenters. The van der Waals surface area contributed by atoms with Gasteiger partial charge in [0.25, 0.3) is 0 Å². The van der Waals surface area contributed by atoms with Crippen LogP contribution in [0.4, 0.5) is 4.39 Å². The first kappa shape index (κ1) is 16.5. The van der Waals surface area contributed by atoms with E-state index in [1.807, 2.05) is 23.7 Å². The SMILES string of the molecule is COc1ccc2c(c1)CCN(C(C)c1ccc3scnc3c1)CC2F. The minimum Gasteiger partial charge on any atom is -0.497 e. The molecule has 2 atom stereocenters. The van der Waals surface area contributed by atoms with Crippen molar-refractivity contribution < 1.29 is 9.13 Å². The van der Waals surface area contributed by atoms with Gasteiger partial charge in [-0.2, -0.15) is 0 Å². The maximum Gasteiger partial charge on any atom is 0.138 e. The van der Waals surface area contributed by atoms with Crippen LogP contribution in [0.25, 0.3) is 10.2 Å². The minimum atomic E-state index is -0.978. The van der Waals surface area contributed by atoms with Crippen molar-refractivity contribution in [2.45, 2.75) is 25.6 Å². The van der Waals surface area contributed by atoms with Crippen molar-refractivity contribution in [3.05, 3.63) is 58.6 Å². The molecule has 5 heteroatoms. The van der Waals surface area contributed by atoms with Gasteiger partial charge in [-0.05, 0) is 54.3 Å². The summed E-state index contributed by atoms with van der Waals surface area (Å²) in [6.07, 6.45) is -0.148. The Morgan fingerprint density at radius 3 is 3.00 bits per heavy atom. The molecule has 0 spiro atoms. The third kappa shape index (κ3) is 3.14. The average molecular weight is 356 g/mol. The average Bonchev–Trinajstić information content (AvgIpc) is 3.05. The molecule has 0 bridgehead atoms. The van der Waals surface area contributed by atoms with Gasteiger partial charge in [0.1, 0.15) is 11.9 Å². The molecule has 0 aliphatic carbocycles. The van der Waals surface area contributed by atoms with Crippen LogP contribution in [0.3, 0.4) is 0 Å². The Morgan fingerprint density at radius 2 is 2.16 bits per heavy atom. The van der Waals surface area contributed by atoms with Gasteiger partial charge in [-0.1, -0.05) is 12.1 Å². The van der Waals surface area contributed by atoms with Gasteiger partial charge in [-0.25, -0.2) is 9.37 Å². The minimum absolute atomic E-state index is 0.153. The van der Waals surface area contributed by atoms with E-state index in [1.54, 1.807) is 18.4 Å². The molecule has 3 nitrogen and oxygen atoms in total. The van der Waals surface area contributed by atoms with Gasteiger partial charge in [0.05, 0.1) is 22.8 Å². The highest BCUT2D eigenvalue weighted by molar-refractivity contribution is 7.16. The van der Waals surface area contributed by atoms with Gasteiger partial charge in [0, 0.05) is 19.1 Å². The maximum absolute atomic E-state index is 14.9. The Kier molecular flexibility index (Phi) is 4.44. The van der Waals surface area contributed by atoms with Crippen molar-refractivity contribution in [1.29, 1.82) is 0 Å². The molecule has 25 heavy (non-hydrogen) atoms. The van der Waals surface area contributed by atoms with E-state index >= 15 is 0 Å². The standard InChI is InChI=1S/C20H21FN2OS/c1-13(14-3-6-20-19(10-14)22-12-25-20)23-8-7-15-9-16(24-2)4-5-17(15)18(21)11-23/h3-6,9-10,12-13,18H,7-8,11H2,1-2H3. The van der Waals surface area contributed by atoms with Crippen molar-refractivity contribution in [2.24, 2.45) is 0 Å². The largest absolute Gasteiger partial charge is 0.497 e. The number of benzene rings is 2. The summed E-state index contributed by atoms with van der Waals surface area (Å²) >= 11 is 1.65. The van der Waals surface area contributed by atoms with Crippen LogP contribution >= 0.6 is 11.3 Å². The Hall–Kier alpha value is -1.98. The lowest BCUT2D eigenvalue weighted by atomic mass is 10.0. The quantitative estimate of drug-likeness (QED) is 0.665. The molecule has 1 aliphatic heterocycles. The van der Waals surface area contributed by atoms with Gasteiger partial charge < -0.3 is 4.74 Å². The van der Waals surface area contributed by atoms with Crippen LogP contribution < -0.4 is 4.74 Å². The fourth-order valence-electron chi connectivity index (χ4n) is 3.59. The summed E-state index contributed by atoms with van der Waals surface area (Å²) in [4.78, 5) is 6.63. The first-order valence-corrected chi connectivity index (χ1v) is 9.42. The Bertz CT molecular complexity index is 894. The van der Waals surface area contributed by atoms with E-state index in [0.29, 0.717) is 6.54 Å². The van der Waals surface area contributed by atoms with E-state index in [2.05, 4.69) is 35.0 Å². The summed E-state index contributed by atoms with van der Waals surface area (Å²) in [5.74, 6) is 0.793. The second-order valence-electron chi connectivity index (χ2n) is 6.53. The number of aromatic nitrogens is 1. The summed E-state index contributed by atoms with van der Waals surface area (Å²) < 4.78 is 21.4. The molecular weight excluding hydrogens is 335 g/mol. The number of alkyl halides is 1. The second kappa shape index (κ2) is 6.73. The van der Waals surface area contributed by atoms with Gasteiger partial charge in [0.15, 0.2) is 0 Å². The number of hydrogen-bond acceptors (Lipinski definition) is 4. The van der Waals surface area contributed by atoms with Crippen molar-refractivity contribution in [3.63, 3.8) is 0 Å². The smallest absolute Gasteiger partial charge is 0.138 e. The zero-order valence-electron chi connectivity index (χ0n) is 14.4. The van der Waals surface area contributed by atoms with Crippen LogP contribution in [0.5, 0.6) is 5.75 Å². The molecule has 0 amide bonds. The number of ether oxygens (including phenoxy) is 1. The van der Waals surface area contributed by atoms with Crippen molar-refractivity contribution in [1.82, 2.24) is 9.88 Å². The molecule has 2 heterocycles. The van der Waals surface area contributed by atoms with Gasteiger partial charge in [-0.3, -0.25) is 4.90 Å². The summed E-state index contributed by atoms with van der Waals surface area (Å²) in [5, 5.41) is 0. The Labute approximate surface area is 151 Å². The third-order valence-electron chi connectivity index (χ3n) is 5.14. The molecule has 0 N–H and O–H groups in total. The third-order valence-corrected chi connectivity index (χ3v) is 5.95. The Balaban J connectivity index is 1.59. The van der Waals surface area contributed by atoms with Crippen LogP contribution in [0.15, 0.2) is 41.9 Å². The van der Waals surface area contributed by atoms with Crippen molar-refractivity contribution >= 4 is 21.6 Å². The van der Waals surface area contributed by atoms with E-state index in [-0.39, 0.29) is 6.04 Å². The fraction of sp³-hybridized carbons (Fsp3) is 0.350. The number of halogens is 1. The Morgan fingerprint density at radius 1 is 1.28 bits per heavy atom. The number of hydrogen-bond donors (Lipinski definition) is 0. The topological polar surface area (TPSA) is 25.4 Å². The zero-order valence-corrected chi connectivity index (χ0v) is 15.2. The molecule has 1 aliphatic rings. The lowest BCUT2D eigenvalue weighted by molar-refractivity contribution is 0.161. The molecule has 0 saturated heterocycles. The van der Waals surface area contributed by atoms with E-state index in [4.69, 9.17) is 4.74 Å². The number of nitrogens with zero attached hydrogens (tertiary/aromatic N) is 2. The van der Waals surface area contributed by atoms with Crippen molar-refractivity contribution in [3.8, 4) is 5.75 Å². The van der Waals surface area contributed by atoms with Gasteiger partial charge in [0.2, 0.25) is 0 Å². The van der Waals surface area contributed by atoms with Crippen LogP contribution in [-0.4, -0.2) is 30.1 Å². The molecule has 0 radical (unpaired) electrons.